The lowest BCUT2D eigenvalue weighted by molar-refractivity contribution is -0.115. The average Bonchev–Trinajstić information content (AvgIpc) is 2.93. The summed E-state index contributed by atoms with van der Waals surface area (Å²) >= 11 is 0. The minimum absolute atomic E-state index is 0.0388. The Bertz CT molecular complexity index is 1530. The number of aryl methyl sites for hydroxylation is 2. The standard InChI is InChI=1S/C28H20F5N3O2/c29-22-18(23(30)25(32)26(33)24(22)31)12-21(38)36-28-20(11-14-4-2-1-3-5-14)34-27-17-8-6-15(13-37)10-16(17)7-9-19(27)35-28/h1-6,8,10,37H,7,9,11-13H2,(H,35,36,38). The fourth-order valence-corrected chi connectivity index (χ4v) is 4.49. The zero-order chi connectivity index (χ0) is 27.0. The van der Waals surface area contributed by atoms with Crippen LogP contribution in [0.5, 0.6) is 0 Å². The maximum absolute atomic E-state index is 14.1. The molecular weight excluding hydrogens is 505 g/mol. The first-order chi connectivity index (χ1) is 18.3. The quantitative estimate of drug-likeness (QED) is 0.206. The van der Waals surface area contributed by atoms with Crippen molar-refractivity contribution in [3.05, 3.63) is 111 Å². The van der Waals surface area contributed by atoms with E-state index in [-0.39, 0.29) is 18.8 Å². The van der Waals surface area contributed by atoms with Crippen LogP contribution in [0, 0.1) is 29.1 Å². The summed E-state index contributed by atoms with van der Waals surface area (Å²) in [5.74, 6) is -11.6. The number of hydrogen-bond donors (Lipinski definition) is 2. The Labute approximate surface area is 214 Å². The highest BCUT2D eigenvalue weighted by Crippen LogP contribution is 2.34. The molecule has 1 aromatic heterocycles. The second-order valence-electron chi connectivity index (χ2n) is 8.90. The topological polar surface area (TPSA) is 75.1 Å². The van der Waals surface area contributed by atoms with E-state index in [1.54, 1.807) is 6.07 Å². The monoisotopic (exact) mass is 525 g/mol. The molecule has 1 heterocycles. The third-order valence-electron chi connectivity index (χ3n) is 6.39. The Hall–Kier alpha value is -4.18. The van der Waals surface area contributed by atoms with Gasteiger partial charge in [-0.15, -0.1) is 0 Å². The van der Waals surface area contributed by atoms with E-state index in [4.69, 9.17) is 4.98 Å². The minimum Gasteiger partial charge on any atom is -0.392 e. The van der Waals surface area contributed by atoms with Crippen LogP contribution in [0.15, 0.2) is 48.5 Å². The first-order valence-corrected chi connectivity index (χ1v) is 11.7. The number of amides is 1. The second-order valence-corrected chi connectivity index (χ2v) is 8.90. The number of carbonyl (C=O) groups excluding carboxylic acids is 1. The van der Waals surface area contributed by atoms with Crippen LogP contribution < -0.4 is 5.32 Å². The molecule has 0 saturated carbocycles. The van der Waals surface area contributed by atoms with Gasteiger partial charge in [-0.25, -0.2) is 31.9 Å². The van der Waals surface area contributed by atoms with Crippen molar-refractivity contribution in [2.75, 3.05) is 5.32 Å². The molecular formula is C28H20F5N3O2. The summed E-state index contributed by atoms with van der Waals surface area (Å²) in [7, 11) is 0. The molecule has 194 valence electrons. The average molecular weight is 525 g/mol. The fraction of sp³-hybridized carbons (Fsp3) is 0.179. The molecule has 5 nitrogen and oxygen atoms in total. The van der Waals surface area contributed by atoms with Crippen molar-refractivity contribution in [3.8, 4) is 11.3 Å². The number of hydrogen-bond acceptors (Lipinski definition) is 4. The van der Waals surface area contributed by atoms with Crippen LogP contribution in [-0.2, 0) is 37.1 Å². The van der Waals surface area contributed by atoms with Crippen molar-refractivity contribution in [2.24, 2.45) is 0 Å². The second kappa shape index (κ2) is 10.3. The number of aromatic nitrogens is 2. The summed E-state index contributed by atoms with van der Waals surface area (Å²) in [6, 6.07) is 14.7. The Morgan fingerprint density at radius 3 is 2.21 bits per heavy atom. The fourth-order valence-electron chi connectivity index (χ4n) is 4.49. The van der Waals surface area contributed by atoms with Crippen LogP contribution in [0.25, 0.3) is 11.3 Å². The molecule has 0 radical (unpaired) electrons. The van der Waals surface area contributed by atoms with Crippen molar-refractivity contribution in [1.82, 2.24) is 9.97 Å². The third-order valence-corrected chi connectivity index (χ3v) is 6.39. The van der Waals surface area contributed by atoms with Gasteiger partial charge in [0.25, 0.3) is 0 Å². The molecule has 1 aliphatic carbocycles. The lowest BCUT2D eigenvalue weighted by Crippen LogP contribution is -2.21. The Kier molecular flexibility index (Phi) is 6.90. The zero-order valence-electron chi connectivity index (χ0n) is 19.8. The minimum atomic E-state index is -2.29. The van der Waals surface area contributed by atoms with E-state index in [2.05, 4.69) is 10.3 Å². The van der Waals surface area contributed by atoms with Gasteiger partial charge < -0.3 is 10.4 Å². The number of nitrogens with one attached hydrogen (secondary N) is 1. The van der Waals surface area contributed by atoms with Crippen LogP contribution in [-0.4, -0.2) is 21.0 Å². The maximum atomic E-state index is 14.1. The Morgan fingerprint density at radius 1 is 0.842 bits per heavy atom. The first kappa shape index (κ1) is 25.5. The molecule has 0 fully saturated rings. The number of aliphatic hydroxyl groups excluding tert-OH is 1. The van der Waals surface area contributed by atoms with E-state index in [0.717, 1.165) is 22.3 Å². The number of rotatable bonds is 6. The number of aliphatic hydroxyl groups is 1. The van der Waals surface area contributed by atoms with Crippen LogP contribution in [0.1, 0.15) is 33.6 Å². The molecule has 4 aromatic rings. The van der Waals surface area contributed by atoms with Gasteiger partial charge >= 0.3 is 0 Å². The molecule has 3 aromatic carbocycles. The summed E-state index contributed by atoms with van der Waals surface area (Å²) in [6.07, 6.45) is 0.253. The van der Waals surface area contributed by atoms with Gasteiger partial charge in [0.15, 0.2) is 29.1 Å². The van der Waals surface area contributed by atoms with Crippen LogP contribution >= 0.6 is 0 Å². The van der Waals surface area contributed by atoms with E-state index in [9.17, 15) is 31.9 Å². The molecule has 0 atom stereocenters. The molecule has 0 spiro atoms. The highest BCUT2D eigenvalue weighted by Gasteiger charge is 2.28. The van der Waals surface area contributed by atoms with Crippen LogP contribution in [0.3, 0.4) is 0 Å². The number of carbonyl (C=O) groups is 1. The molecule has 1 aliphatic rings. The van der Waals surface area contributed by atoms with Crippen molar-refractivity contribution in [3.63, 3.8) is 0 Å². The van der Waals surface area contributed by atoms with Crippen LogP contribution in [0.2, 0.25) is 0 Å². The molecule has 38 heavy (non-hydrogen) atoms. The summed E-state index contributed by atoms with van der Waals surface area (Å²) in [5, 5.41) is 11.9. The van der Waals surface area contributed by atoms with Crippen LogP contribution in [0.4, 0.5) is 27.8 Å². The van der Waals surface area contributed by atoms with Crippen molar-refractivity contribution in [2.45, 2.75) is 32.3 Å². The van der Waals surface area contributed by atoms with E-state index >= 15 is 0 Å². The third kappa shape index (κ3) is 4.74. The van der Waals surface area contributed by atoms with E-state index in [0.29, 0.717) is 29.9 Å². The first-order valence-electron chi connectivity index (χ1n) is 11.7. The van der Waals surface area contributed by atoms with Gasteiger partial charge in [0.05, 0.1) is 30.1 Å². The number of halogens is 5. The molecule has 10 heteroatoms. The SMILES string of the molecule is O=C(Cc1c(F)c(F)c(F)c(F)c1F)Nc1nc2c(nc1Cc1ccccc1)-c1ccc(CO)cc1CC2. The number of anilines is 1. The lowest BCUT2D eigenvalue weighted by atomic mass is 9.90. The molecule has 0 unspecified atom stereocenters. The highest BCUT2D eigenvalue weighted by atomic mass is 19.2. The van der Waals surface area contributed by atoms with Gasteiger partial charge in [0.2, 0.25) is 11.7 Å². The van der Waals surface area contributed by atoms with Gasteiger partial charge in [-0.3, -0.25) is 4.79 Å². The summed E-state index contributed by atoms with van der Waals surface area (Å²) in [5.41, 5.74) is 3.77. The van der Waals surface area contributed by atoms with Gasteiger partial charge in [-0.1, -0.05) is 48.5 Å². The van der Waals surface area contributed by atoms with Gasteiger partial charge in [-0.2, -0.15) is 0 Å². The van der Waals surface area contributed by atoms with E-state index in [1.807, 2.05) is 42.5 Å². The zero-order valence-corrected chi connectivity index (χ0v) is 19.8. The molecule has 1 amide bonds. The summed E-state index contributed by atoms with van der Waals surface area (Å²) < 4.78 is 68.9. The number of nitrogens with zero attached hydrogens (tertiary/aromatic N) is 2. The van der Waals surface area contributed by atoms with E-state index in [1.165, 1.54) is 0 Å². The highest BCUT2D eigenvalue weighted by molar-refractivity contribution is 5.92. The molecule has 2 N–H and O–H groups in total. The predicted molar refractivity (Wildman–Crippen MR) is 129 cm³/mol. The summed E-state index contributed by atoms with van der Waals surface area (Å²) in [4.78, 5) is 22.1. The van der Waals surface area contributed by atoms with E-state index < -0.39 is 47.0 Å². The molecule has 0 aliphatic heterocycles. The molecule has 0 saturated heterocycles. The van der Waals surface area contributed by atoms with Gasteiger partial charge in [0, 0.05) is 17.5 Å². The van der Waals surface area contributed by atoms with Gasteiger partial charge in [0.1, 0.15) is 0 Å². The number of fused-ring (bicyclic) bond motifs is 3. The van der Waals surface area contributed by atoms with Crippen molar-refractivity contribution < 1.29 is 31.9 Å². The van der Waals surface area contributed by atoms with Crippen molar-refractivity contribution >= 4 is 11.7 Å². The summed E-state index contributed by atoms with van der Waals surface area (Å²) in [6.45, 7) is -0.0981. The normalized spacial score (nSPS) is 12.2. The smallest absolute Gasteiger partial charge is 0.230 e. The number of benzene rings is 3. The van der Waals surface area contributed by atoms with Gasteiger partial charge in [-0.05, 0) is 29.5 Å². The predicted octanol–water partition coefficient (Wildman–Crippen LogP) is 5.20. The molecule has 5 rings (SSSR count). The molecule has 0 bridgehead atoms. The largest absolute Gasteiger partial charge is 0.392 e. The van der Waals surface area contributed by atoms with Crippen molar-refractivity contribution in [1.29, 1.82) is 0 Å². The Morgan fingerprint density at radius 2 is 1.53 bits per heavy atom. The Balaban J connectivity index is 1.52. The lowest BCUT2D eigenvalue weighted by Gasteiger charge is -2.21. The maximum Gasteiger partial charge on any atom is 0.230 e.